The first-order chi connectivity index (χ1) is 7.65. The molecule has 0 atom stereocenters. The van der Waals surface area contributed by atoms with E-state index < -0.39 is 0 Å². The van der Waals surface area contributed by atoms with E-state index in [1.165, 1.54) is 30.4 Å². The topological polar surface area (TPSA) is 26.0 Å². The van der Waals surface area contributed by atoms with Gasteiger partial charge >= 0.3 is 0 Å². The largest absolute Gasteiger partial charge is 0.321 e. The van der Waals surface area contributed by atoms with Crippen molar-refractivity contribution >= 4 is 0 Å². The molecule has 0 saturated heterocycles. The SMILES string of the molecule is CCC1CCC(N)(c2ccccc2C)CC1. The summed E-state index contributed by atoms with van der Waals surface area (Å²) in [5, 5.41) is 0. The van der Waals surface area contributed by atoms with Crippen molar-refractivity contribution in [3.63, 3.8) is 0 Å². The Bertz CT molecular complexity index is 348. The number of rotatable bonds is 2. The van der Waals surface area contributed by atoms with Gasteiger partial charge in [0.05, 0.1) is 0 Å². The van der Waals surface area contributed by atoms with Crippen molar-refractivity contribution in [1.29, 1.82) is 0 Å². The predicted molar refractivity (Wildman–Crippen MR) is 69.3 cm³/mol. The highest BCUT2D eigenvalue weighted by Crippen LogP contribution is 2.39. The Morgan fingerprint density at radius 2 is 1.88 bits per heavy atom. The third-order valence-corrected chi connectivity index (χ3v) is 4.26. The molecule has 1 aliphatic carbocycles. The first-order valence-corrected chi connectivity index (χ1v) is 6.50. The van der Waals surface area contributed by atoms with Gasteiger partial charge in [-0.05, 0) is 49.7 Å². The molecule has 1 saturated carbocycles. The molecular weight excluding hydrogens is 194 g/mol. The van der Waals surface area contributed by atoms with Crippen LogP contribution in [0.2, 0.25) is 0 Å². The van der Waals surface area contributed by atoms with Crippen LogP contribution in [0.5, 0.6) is 0 Å². The van der Waals surface area contributed by atoms with Crippen molar-refractivity contribution in [1.82, 2.24) is 0 Å². The molecule has 0 bridgehead atoms. The van der Waals surface area contributed by atoms with Crippen LogP contribution in [0.1, 0.15) is 50.2 Å². The van der Waals surface area contributed by atoms with Crippen LogP contribution in [0.15, 0.2) is 24.3 Å². The first-order valence-electron chi connectivity index (χ1n) is 6.50. The van der Waals surface area contributed by atoms with Crippen molar-refractivity contribution in [2.75, 3.05) is 0 Å². The third-order valence-electron chi connectivity index (χ3n) is 4.26. The molecule has 16 heavy (non-hydrogen) atoms. The maximum atomic E-state index is 6.60. The first kappa shape index (κ1) is 11.7. The van der Waals surface area contributed by atoms with E-state index in [4.69, 9.17) is 5.73 Å². The number of benzene rings is 1. The van der Waals surface area contributed by atoms with Crippen LogP contribution in [-0.4, -0.2) is 0 Å². The van der Waals surface area contributed by atoms with E-state index in [0.717, 1.165) is 18.8 Å². The van der Waals surface area contributed by atoms with Gasteiger partial charge in [0.25, 0.3) is 0 Å². The van der Waals surface area contributed by atoms with Crippen molar-refractivity contribution in [3.8, 4) is 0 Å². The predicted octanol–water partition coefficient (Wildman–Crippen LogP) is 3.75. The molecule has 1 aromatic carbocycles. The number of aryl methyl sites for hydroxylation is 1. The molecule has 0 unspecified atom stereocenters. The molecule has 1 fully saturated rings. The van der Waals surface area contributed by atoms with Gasteiger partial charge in [-0.15, -0.1) is 0 Å². The van der Waals surface area contributed by atoms with Crippen molar-refractivity contribution in [2.45, 2.75) is 51.5 Å². The summed E-state index contributed by atoms with van der Waals surface area (Å²) in [6, 6.07) is 8.60. The molecule has 1 aliphatic rings. The van der Waals surface area contributed by atoms with Crippen LogP contribution in [0.25, 0.3) is 0 Å². The summed E-state index contributed by atoms with van der Waals surface area (Å²) in [5.41, 5.74) is 9.25. The summed E-state index contributed by atoms with van der Waals surface area (Å²) < 4.78 is 0. The fraction of sp³-hybridized carbons (Fsp3) is 0.600. The average Bonchev–Trinajstić information content (AvgIpc) is 2.30. The number of hydrogen-bond donors (Lipinski definition) is 1. The number of nitrogens with two attached hydrogens (primary N) is 1. The molecule has 0 aliphatic heterocycles. The van der Waals surface area contributed by atoms with Crippen LogP contribution in [-0.2, 0) is 5.54 Å². The molecule has 0 aromatic heterocycles. The van der Waals surface area contributed by atoms with Gasteiger partial charge in [0, 0.05) is 5.54 Å². The summed E-state index contributed by atoms with van der Waals surface area (Å²) in [7, 11) is 0. The van der Waals surface area contributed by atoms with Crippen LogP contribution >= 0.6 is 0 Å². The molecule has 0 radical (unpaired) electrons. The minimum atomic E-state index is -0.0585. The lowest BCUT2D eigenvalue weighted by Crippen LogP contribution is -2.41. The summed E-state index contributed by atoms with van der Waals surface area (Å²) in [5.74, 6) is 0.903. The van der Waals surface area contributed by atoms with E-state index in [9.17, 15) is 0 Å². The van der Waals surface area contributed by atoms with Gasteiger partial charge in [-0.2, -0.15) is 0 Å². The highest BCUT2D eigenvalue weighted by Gasteiger charge is 2.33. The quantitative estimate of drug-likeness (QED) is 0.802. The standard InChI is InChI=1S/C15H23N/c1-3-13-8-10-15(16,11-9-13)14-7-5-4-6-12(14)2/h4-7,13H,3,8-11,16H2,1-2H3. The minimum absolute atomic E-state index is 0.0585. The highest BCUT2D eigenvalue weighted by molar-refractivity contribution is 5.32. The van der Waals surface area contributed by atoms with E-state index in [-0.39, 0.29) is 5.54 Å². The second-order valence-electron chi connectivity index (χ2n) is 5.32. The summed E-state index contributed by atoms with van der Waals surface area (Å²) in [4.78, 5) is 0. The van der Waals surface area contributed by atoms with E-state index in [1.807, 2.05) is 0 Å². The molecule has 1 heteroatoms. The van der Waals surface area contributed by atoms with Crippen LogP contribution < -0.4 is 5.73 Å². The Kier molecular flexibility index (Phi) is 3.34. The van der Waals surface area contributed by atoms with Crippen molar-refractivity contribution in [2.24, 2.45) is 11.7 Å². The molecule has 88 valence electrons. The van der Waals surface area contributed by atoms with Gasteiger partial charge in [-0.1, -0.05) is 37.6 Å². The lowest BCUT2D eigenvalue weighted by atomic mass is 9.72. The van der Waals surface area contributed by atoms with E-state index in [2.05, 4.69) is 38.1 Å². The van der Waals surface area contributed by atoms with Crippen LogP contribution in [0.3, 0.4) is 0 Å². The Morgan fingerprint density at radius 1 is 1.25 bits per heavy atom. The van der Waals surface area contributed by atoms with Gasteiger partial charge in [-0.3, -0.25) is 0 Å². The minimum Gasteiger partial charge on any atom is -0.321 e. The second-order valence-corrected chi connectivity index (χ2v) is 5.32. The summed E-state index contributed by atoms with van der Waals surface area (Å²) in [6.45, 7) is 4.47. The molecule has 0 amide bonds. The normalized spacial score (nSPS) is 30.3. The van der Waals surface area contributed by atoms with E-state index >= 15 is 0 Å². The second kappa shape index (κ2) is 4.58. The monoisotopic (exact) mass is 217 g/mol. The fourth-order valence-electron chi connectivity index (χ4n) is 3.00. The van der Waals surface area contributed by atoms with Crippen LogP contribution in [0.4, 0.5) is 0 Å². The van der Waals surface area contributed by atoms with Gasteiger partial charge < -0.3 is 5.73 Å². The Hall–Kier alpha value is -0.820. The van der Waals surface area contributed by atoms with Gasteiger partial charge in [0.1, 0.15) is 0 Å². The fourth-order valence-corrected chi connectivity index (χ4v) is 3.00. The zero-order chi connectivity index (χ0) is 11.6. The van der Waals surface area contributed by atoms with E-state index in [0.29, 0.717) is 0 Å². The van der Waals surface area contributed by atoms with Gasteiger partial charge in [0.15, 0.2) is 0 Å². The van der Waals surface area contributed by atoms with Crippen molar-refractivity contribution < 1.29 is 0 Å². The van der Waals surface area contributed by atoms with E-state index in [1.54, 1.807) is 0 Å². The van der Waals surface area contributed by atoms with Gasteiger partial charge in [-0.25, -0.2) is 0 Å². The smallest absolute Gasteiger partial charge is 0.0412 e. The molecule has 0 heterocycles. The maximum Gasteiger partial charge on any atom is 0.0412 e. The molecule has 1 aromatic rings. The van der Waals surface area contributed by atoms with Crippen LogP contribution in [0, 0.1) is 12.8 Å². The summed E-state index contributed by atoms with van der Waals surface area (Å²) >= 11 is 0. The average molecular weight is 217 g/mol. The lowest BCUT2D eigenvalue weighted by Gasteiger charge is -2.38. The zero-order valence-corrected chi connectivity index (χ0v) is 10.5. The molecule has 0 spiro atoms. The maximum absolute atomic E-state index is 6.60. The highest BCUT2D eigenvalue weighted by atomic mass is 14.7. The molecule has 2 N–H and O–H groups in total. The zero-order valence-electron chi connectivity index (χ0n) is 10.5. The Morgan fingerprint density at radius 3 is 2.44 bits per heavy atom. The number of hydrogen-bond acceptors (Lipinski definition) is 1. The lowest BCUT2D eigenvalue weighted by molar-refractivity contribution is 0.231. The molecule has 2 rings (SSSR count). The third kappa shape index (κ3) is 2.15. The Labute approximate surface area is 99.0 Å². The van der Waals surface area contributed by atoms with Crippen molar-refractivity contribution in [3.05, 3.63) is 35.4 Å². The Balaban J connectivity index is 2.18. The van der Waals surface area contributed by atoms with Gasteiger partial charge in [0.2, 0.25) is 0 Å². The summed E-state index contributed by atoms with van der Waals surface area (Å²) in [6.07, 6.45) is 6.19. The molecular formula is C15H23N. The molecule has 1 nitrogen and oxygen atoms in total.